The number of hydrogen-bond donors (Lipinski definition) is 0. The van der Waals surface area contributed by atoms with Gasteiger partial charge in [-0.15, -0.1) is 0 Å². The minimum absolute atomic E-state index is 0.592. The maximum Gasteiger partial charge on any atom is 0.229 e. The van der Waals surface area contributed by atoms with E-state index in [9.17, 15) is 4.21 Å². The molecule has 0 unspecified atom stereocenters. The molecule has 3 aliphatic rings. The van der Waals surface area contributed by atoms with Gasteiger partial charge in [0.25, 0.3) is 0 Å². The first-order chi connectivity index (χ1) is 18.1. The predicted molar refractivity (Wildman–Crippen MR) is 145 cm³/mol. The third kappa shape index (κ3) is 4.23. The minimum Gasteiger partial charge on any atom is -0.432 e. The van der Waals surface area contributed by atoms with Gasteiger partial charge in [-0.1, -0.05) is 12.1 Å². The van der Waals surface area contributed by atoms with Gasteiger partial charge in [-0.3, -0.25) is 9.11 Å². The lowest BCUT2D eigenvalue weighted by Gasteiger charge is -2.28. The number of aryl methyl sites for hydroxylation is 2. The molecule has 0 radical (unpaired) electrons. The maximum absolute atomic E-state index is 11.8. The van der Waals surface area contributed by atoms with Gasteiger partial charge >= 0.3 is 0 Å². The number of ether oxygens (including phenoxy) is 1. The summed E-state index contributed by atoms with van der Waals surface area (Å²) in [5, 5.41) is 0.927. The van der Waals surface area contributed by atoms with E-state index >= 15 is 0 Å². The predicted octanol–water partition coefficient (Wildman–Crippen LogP) is 3.64. The summed E-state index contributed by atoms with van der Waals surface area (Å²) in [6.45, 7) is 7.52. The molecule has 0 bridgehead atoms. The van der Waals surface area contributed by atoms with Crippen molar-refractivity contribution >= 4 is 38.8 Å². The number of aromatic nitrogens is 3. The fourth-order valence-corrected chi connectivity index (χ4v) is 7.06. The molecule has 0 amide bonds. The van der Waals surface area contributed by atoms with Crippen LogP contribution in [0.25, 0.3) is 33.6 Å². The molecule has 9 heteroatoms. The van der Waals surface area contributed by atoms with Crippen LogP contribution < -0.4 is 4.90 Å². The van der Waals surface area contributed by atoms with Crippen LogP contribution in [-0.2, 0) is 34.9 Å². The second-order valence-electron chi connectivity index (χ2n) is 10.3. The lowest BCUT2D eigenvalue weighted by Crippen LogP contribution is -2.37. The molecule has 7 rings (SSSR count). The lowest BCUT2D eigenvalue weighted by molar-refractivity contribution is 0.122. The van der Waals surface area contributed by atoms with E-state index in [4.69, 9.17) is 24.1 Å². The Balaban J connectivity index is 1.38. The van der Waals surface area contributed by atoms with Crippen molar-refractivity contribution < 1.29 is 13.4 Å². The number of pyridine rings is 1. The Kier molecular flexibility index (Phi) is 5.94. The summed E-state index contributed by atoms with van der Waals surface area (Å²) in [5.41, 5.74) is 8.42. The van der Waals surface area contributed by atoms with Crippen LogP contribution in [0, 0.1) is 6.92 Å². The van der Waals surface area contributed by atoms with Gasteiger partial charge in [0, 0.05) is 66.8 Å². The van der Waals surface area contributed by atoms with Crippen molar-refractivity contribution in [2.75, 3.05) is 55.8 Å². The third-order valence-electron chi connectivity index (χ3n) is 7.91. The van der Waals surface area contributed by atoms with Gasteiger partial charge in [0.15, 0.2) is 17.2 Å². The number of benzene rings is 1. The van der Waals surface area contributed by atoms with Crippen LogP contribution in [0.3, 0.4) is 0 Å². The molecular weight excluding hydrogens is 486 g/mol. The SMILES string of the molecule is Cc1ccc2c(c1-c1nc(N3CCOCC3)c3oc4ncc(CN5CCS(=O)CC5)cc4c3n1)CCC2. The highest BCUT2D eigenvalue weighted by Gasteiger charge is 2.26. The molecule has 2 aliphatic heterocycles. The number of fused-ring (bicyclic) bond motifs is 4. The zero-order valence-corrected chi connectivity index (χ0v) is 22.0. The normalized spacial score (nSPS) is 19.2. The summed E-state index contributed by atoms with van der Waals surface area (Å²) >= 11 is 0. The number of nitrogens with zero attached hydrogens (tertiary/aromatic N) is 5. The third-order valence-corrected chi connectivity index (χ3v) is 9.19. The second kappa shape index (κ2) is 9.45. The van der Waals surface area contributed by atoms with Crippen LogP contribution in [0.5, 0.6) is 0 Å². The van der Waals surface area contributed by atoms with Crippen molar-refractivity contribution in [1.29, 1.82) is 0 Å². The van der Waals surface area contributed by atoms with Crippen molar-refractivity contribution in [2.24, 2.45) is 0 Å². The summed E-state index contributed by atoms with van der Waals surface area (Å²) in [6, 6.07) is 6.64. The van der Waals surface area contributed by atoms with Crippen molar-refractivity contribution in [1.82, 2.24) is 19.9 Å². The van der Waals surface area contributed by atoms with Gasteiger partial charge in [-0.25, -0.2) is 15.0 Å². The molecule has 1 aliphatic carbocycles. The zero-order chi connectivity index (χ0) is 24.9. The molecule has 4 aromatic rings. The lowest BCUT2D eigenvalue weighted by atomic mass is 9.97. The van der Waals surface area contributed by atoms with E-state index in [-0.39, 0.29) is 0 Å². The number of anilines is 1. The number of rotatable bonds is 4. The Labute approximate surface area is 218 Å². The van der Waals surface area contributed by atoms with Gasteiger partial charge in [-0.05, 0) is 54.5 Å². The number of hydrogen-bond acceptors (Lipinski definition) is 8. The average Bonchev–Trinajstić information content (AvgIpc) is 3.54. The molecule has 0 spiro atoms. The van der Waals surface area contributed by atoms with Gasteiger partial charge < -0.3 is 14.1 Å². The summed E-state index contributed by atoms with van der Waals surface area (Å²) in [5.74, 6) is 3.09. The highest BCUT2D eigenvalue weighted by atomic mass is 32.2. The summed E-state index contributed by atoms with van der Waals surface area (Å²) in [6.07, 6.45) is 5.26. The molecule has 2 fully saturated rings. The first-order valence-electron chi connectivity index (χ1n) is 13.2. The first-order valence-corrected chi connectivity index (χ1v) is 14.7. The Morgan fingerprint density at radius 3 is 2.73 bits per heavy atom. The smallest absolute Gasteiger partial charge is 0.229 e. The standard InChI is InChI=1S/C28H31N5O3S/c1-18-5-6-20-3-2-4-21(20)23(18)26-30-24-22-15-19(17-32-9-13-37(34)14-10-32)16-29-28(22)36-25(24)27(31-26)33-7-11-35-12-8-33/h5-6,15-16H,2-4,7-14,17H2,1H3. The van der Waals surface area contributed by atoms with E-state index in [0.29, 0.717) is 24.5 Å². The van der Waals surface area contributed by atoms with Gasteiger partial charge in [0.2, 0.25) is 5.71 Å². The van der Waals surface area contributed by atoms with Crippen molar-refractivity contribution in [2.45, 2.75) is 32.7 Å². The summed E-state index contributed by atoms with van der Waals surface area (Å²) in [7, 11) is -0.685. The molecule has 37 heavy (non-hydrogen) atoms. The molecule has 0 atom stereocenters. The topological polar surface area (TPSA) is 84.6 Å². The number of morpholine rings is 1. The first kappa shape index (κ1) is 23.3. The number of furan rings is 1. The quantitative estimate of drug-likeness (QED) is 0.406. The highest BCUT2D eigenvalue weighted by molar-refractivity contribution is 7.85. The van der Waals surface area contributed by atoms with E-state index in [1.165, 1.54) is 28.7 Å². The van der Waals surface area contributed by atoms with Gasteiger partial charge in [0.1, 0.15) is 5.52 Å². The van der Waals surface area contributed by atoms with Crippen LogP contribution in [-0.4, -0.2) is 75.0 Å². The second-order valence-corrected chi connectivity index (χ2v) is 12.0. The van der Waals surface area contributed by atoms with Crippen molar-refractivity contribution in [3.05, 3.63) is 46.6 Å². The molecule has 192 valence electrons. The van der Waals surface area contributed by atoms with Crippen LogP contribution in [0.4, 0.5) is 5.82 Å². The molecule has 3 aromatic heterocycles. The van der Waals surface area contributed by atoms with E-state index in [0.717, 1.165) is 85.2 Å². The maximum atomic E-state index is 11.8. The van der Waals surface area contributed by atoms with Crippen molar-refractivity contribution in [3.8, 4) is 11.4 Å². The monoisotopic (exact) mass is 517 g/mol. The summed E-state index contributed by atoms with van der Waals surface area (Å²) < 4.78 is 23.8. The minimum atomic E-state index is -0.685. The molecule has 1 aromatic carbocycles. The van der Waals surface area contributed by atoms with Gasteiger partial charge in [0.05, 0.1) is 18.6 Å². The van der Waals surface area contributed by atoms with Crippen LogP contribution in [0.15, 0.2) is 28.8 Å². The van der Waals surface area contributed by atoms with Gasteiger partial charge in [-0.2, -0.15) is 0 Å². The van der Waals surface area contributed by atoms with Crippen molar-refractivity contribution in [3.63, 3.8) is 0 Å². The fourth-order valence-electron chi connectivity index (χ4n) is 5.93. The molecule has 0 saturated carbocycles. The Hall–Kier alpha value is -2.88. The molecular formula is C28H31N5O3S. The van der Waals surface area contributed by atoms with E-state index in [2.05, 4.69) is 34.9 Å². The zero-order valence-electron chi connectivity index (χ0n) is 21.2. The molecule has 2 saturated heterocycles. The molecule has 0 N–H and O–H groups in total. The largest absolute Gasteiger partial charge is 0.432 e. The average molecular weight is 518 g/mol. The summed E-state index contributed by atoms with van der Waals surface area (Å²) in [4.78, 5) is 19.6. The van der Waals surface area contributed by atoms with Crippen LogP contribution >= 0.6 is 0 Å². The van der Waals surface area contributed by atoms with Crippen LogP contribution in [0.1, 0.15) is 28.7 Å². The Bertz CT molecular complexity index is 1520. The Morgan fingerprint density at radius 1 is 1.05 bits per heavy atom. The highest BCUT2D eigenvalue weighted by Crippen LogP contribution is 2.38. The molecule has 8 nitrogen and oxygen atoms in total. The van der Waals surface area contributed by atoms with E-state index in [1.54, 1.807) is 0 Å². The van der Waals surface area contributed by atoms with E-state index < -0.39 is 10.8 Å². The fraction of sp³-hybridized carbons (Fsp3) is 0.464. The Morgan fingerprint density at radius 2 is 1.89 bits per heavy atom. The van der Waals surface area contributed by atoms with Crippen LogP contribution in [0.2, 0.25) is 0 Å². The van der Waals surface area contributed by atoms with E-state index in [1.807, 2.05) is 6.20 Å². The molecule has 5 heterocycles.